The van der Waals surface area contributed by atoms with Crippen molar-refractivity contribution in [2.75, 3.05) is 26.2 Å². The molecule has 3 aromatic rings. The molecule has 3 heterocycles. The normalized spacial score (nSPS) is 18.1. The minimum Gasteiger partial charge on any atom is -0.429 e. The largest absolute Gasteiger partial charge is 0.429 e. The molecule has 0 saturated carbocycles. The highest BCUT2D eigenvalue weighted by atomic mass is 79.9. The molecular formula is C35H40BrClN6O3. The van der Waals surface area contributed by atoms with Gasteiger partial charge in [0.2, 0.25) is 5.91 Å². The monoisotopic (exact) mass is 706 g/mol. The molecule has 2 aromatic heterocycles. The Morgan fingerprint density at radius 2 is 1.93 bits per heavy atom. The smallest absolute Gasteiger partial charge is 0.412 e. The van der Waals surface area contributed by atoms with E-state index in [4.69, 9.17) is 21.3 Å². The maximum absolute atomic E-state index is 14.0. The van der Waals surface area contributed by atoms with Crippen molar-refractivity contribution in [2.45, 2.75) is 57.3 Å². The number of fused-ring (bicyclic) bond motifs is 2. The number of nitrogens with zero attached hydrogens (tertiary/aromatic N) is 5. The van der Waals surface area contributed by atoms with Gasteiger partial charge in [-0.25, -0.2) is 9.78 Å². The van der Waals surface area contributed by atoms with Gasteiger partial charge in [-0.3, -0.25) is 19.6 Å². The Balaban J connectivity index is 1.46. The van der Waals surface area contributed by atoms with Crippen LogP contribution in [0.25, 0.3) is 0 Å². The Labute approximate surface area is 284 Å². The van der Waals surface area contributed by atoms with Crippen molar-refractivity contribution in [3.63, 3.8) is 0 Å². The van der Waals surface area contributed by atoms with Gasteiger partial charge in [0.05, 0.1) is 18.1 Å². The Kier molecular flexibility index (Phi) is 10.5. The zero-order chi connectivity index (χ0) is 33.0. The zero-order valence-electron chi connectivity index (χ0n) is 26.3. The summed E-state index contributed by atoms with van der Waals surface area (Å²) in [6.45, 7) is 17.7. The molecule has 2 amide bonds. The number of amides is 2. The van der Waals surface area contributed by atoms with E-state index in [0.29, 0.717) is 42.2 Å². The van der Waals surface area contributed by atoms with Crippen molar-refractivity contribution in [3.05, 3.63) is 118 Å². The SMILES string of the molecule is C=CC(OC(=O)N1CCN(C2c3ccc(Cl)cc3CCc3cc(Br)cnc32)C[C@@H]1C(=O)NCCCn1ccnc1)(C(=C)C)C(=C)C. The molecule has 2 aliphatic rings. The maximum atomic E-state index is 14.0. The number of piperazine rings is 1. The molecule has 0 radical (unpaired) electrons. The standard InChI is InChI=1S/C35H40BrClN6O3/c1-6-35(23(2)3,24(4)5)46-34(45)43-17-16-42(21-30(43)33(44)39-12-7-14-41-15-13-38-22-41)32-29-11-10-28(37)19-25(29)8-9-26-18-27(36)20-40-31(26)32/h6,10-11,13,15,18-20,22,30,32H,1-2,4,7-9,12,14,16-17,21H2,3,5H3,(H,39,44)/t30-,32?/m1/s1. The molecule has 1 unspecified atom stereocenters. The molecule has 1 aromatic carbocycles. The molecule has 1 aliphatic carbocycles. The third kappa shape index (κ3) is 6.99. The second kappa shape index (κ2) is 14.4. The second-order valence-corrected chi connectivity index (χ2v) is 13.3. The van der Waals surface area contributed by atoms with Crippen molar-refractivity contribution in [3.8, 4) is 0 Å². The molecule has 1 N–H and O–H groups in total. The first-order chi connectivity index (χ1) is 22.0. The first kappa shape index (κ1) is 33.6. The van der Waals surface area contributed by atoms with Crippen LogP contribution in [-0.2, 0) is 28.9 Å². The average Bonchev–Trinajstić information content (AvgIpc) is 3.50. The molecule has 9 nitrogen and oxygen atoms in total. The van der Waals surface area contributed by atoms with Crippen LogP contribution in [0.5, 0.6) is 0 Å². The van der Waals surface area contributed by atoms with E-state index in [-0.39, 0.29) is 25.0 Å². The van der Waals surface area contributed by atoms with E-state index in [1.54, 1.807) is 26.4 Å². The van der Waals surface area contributed by atoms with Crippen molar-refractivity contribution < 1.29 is 14.3 Å². The quantitative estimate of drug-likeness (QED) is 0.197. The highest BCUT2D eigenvalue weighted by Gasteiger charge is 2.43. The number of rotatable bonds is 10. The number of ether oxygens (including phenoxy) is 1. The molecule has 1 aliphatic heterocycles. The molecule has 2 atom stereocenters. The summed E-state index contributed by atoms with van der Waals surface area (Å²) in [4.78, 5) is 40.6. The van der Waals surface area contributed by atoms with Gasteiger partial charge in [0.25, 0.3) is 0 Å². The zero-order valence-corrected chi connectivity index (χ0v) is 28.7. The minimum atomic E-state index is -1.25. The van der Waals surface area contributed by atoms with Gasteiger partial charge in [0.1, 0.15) is 6.04 Å². The highest BCUT2D eigenvalue weighted by molar-refractivity contribution is 9.10. The number of hydrogen-bond acceptors (Lipinski definition) is 6. The lowest BCUT2D eigenvalue weighted by atomic mass is 9.89. The molecule has 0 spiro atoms. The van der Waals surface area contributed by atoms with Gasteiger partial charge in [-0.05, 0) is 101 Å². The lowest BCUT2D eigenvalue weighted by Gasteiger charge is -2.44. The number of imidazole rings is 1. The summed E-state index contributed by atoms with van der Waals surface area (Å²) in [6.07, 6.45) is 10.4. The number of carbonyl (C=O) groups excluding carboxylic acids is 2. The molecule has 0 bridgehead atoms. The summed E-state index contributed by atoms with van der Waals surface area (Å²) in [5, 5.41) is 3.75. The van der Waals surface area contributed by atoms with Gasteiger partial charge in [-0.1, -0.05) is 37.4 Å². The summed E-state index contributed by atoms with van der Waals surface area (Å²) >= 11 is 10.0. The van der Waals surface area contributed by atoms with Crippen molar-refractivity contribution in [1.29, 1.82) is 0 Å². The van der Waals surface area contributed by atoms with Crippen molar-refractivity contribution >= 4 is 39.5 Å². The van der Waals surface area contributed by atoms with E-state index in [0.717, 1.165) is 39.7 Å². The molecule has 242 valence electrons. The fourth-order valence-corrected chi connectivity index (χ4v) is 6.97. The van der Waals surface area contributed by atoms with E-state index in [2.05, 4.69) is 63.0 Å². The van der Waals surface area contributed by atoms with Gasteiger partial charge in [0.15, 0.2) is 5.60 Å². The Hall–Kier alpha value is -3.73. The van der Waals surface area contributed by atoms with Crippen molar-refractivity contribution in [2.24, 2.45) is 0 Å². The lowest BCUT2D eigenvalue weighted by molar-refractivity contribution is -0.128. The van der Waals surface area contributed by atoms with Gasteiger partial charge in [0, 0.05) is 60.8 Å². The molecule has 11 heteroatoms. The number of benzene rings is 1. The number of hydrogen-bond donors (Lipinski definition) is 1. The van der Waals surface area contributed by atoms with Gasteiger partial charge in [-0.2, -0.15) is 0 Å². The fourth-order valence-electron chi connectivity index (χ4n) is 6.40. The van der Waals surface area contributed by atoms with E-state index < -0.39 is 17.7 Å². The van der Waals surface area contributed by atoms with Gasteiger partial charge < -0.3 is 14.6 Å². The van der Waals surface area contributed by atoms with Crippen molar-refractivity contribution in [1.82, 2.24) is 29.7 Å². The summed E-state index contributed by atoms with van der Waals surface area (Å²) in [5.41, 5.74) is 4.21. The number of carbonyl (C=O) groups is 2. The maximum Gasteiger partial charge on any atom is 0.412 e. The van der Waals surface area contributed by atoms with Crippen LogP contribution in [0.3, 0.4) is 0 Å². The summed E-state index contributed by atoms with van der Waals surface area (Å²) in [7, 11) is 0. The Morgan fingerprint density at radius 1 is 1.17 bits per heavy atom. The van der Waals surface area contributed by atoms with Crippen LogP contribution in [-0.4, -0.2) is 74.2 Å². The van der Waals surface area contributed by atoms with E-state index in [9.17, 15) is 9.59 Å². The first-order valence-electron chi connectivity index (χ1n) is 15.4. The third-order valence-electron chi connectivity index (χ3n) is 8.86. The van der Waals surface area contributed by atoms with Crippen LogP contribution >= 0.6 is 27.5 Å². The molecule has 1 fully saturated rings. The second-order valence-electron chi connectivity index (χ2n) is 12.0. The summed E-state index contributed by atoms with van der Waals surface area (Å²) in [5.74, 6) is -0.254. The number of pyridine rings is 1. The Morgan fingerprint density at radius 3 is 2.63 bits per heavy atom. The topological polar surface area (TPSA) is 92.6 Å². The minimum absolute atomic E-state index is 0.231. The molecule has 1 saturated heterocycles. The number of aryl methyl sites for hydroxylation is 3. The van der Waals surface area contributed by atoms with Crippen LogP contribution in [0.4, 0.5) is 4.79 Å². The van der Waals surface area contributed by atoms with Crippen LogP contribution in [0.15, 0.2) is 90.6 Å². The first-order valence-corrected chi connectivity index (χ1v) is 16.6. The van der Waals surface area contributed by atoms with Crippen LogP contribution in [0, 0.1) is 0 Å². The summed E-state index contributed by atoms with van der Waals surface area (Å²) < 4.78 is 8.94. The molecule has 46 heavy (non-hydrogen) atoms. The van der Waals surface area contributed by atoms with Gasteiger partial charge in [-0.15, -0.1) is 0 Å². The average molecular weight is 708 g/mol. The van der Waals surface area contributed by atoms with Crippen LogP contribution < -0.4 is 5.32 Å². The fraction of sp³-hybridized carbons (Fsp3) is 0.371. The highest BCUT2D eigenvalue weighted by Crippen LogP contribution is 2.39. The van der Waals surface area contributed by atoms with Gasteiger partial charge >= 0.3 is 6.09 Å². The third-order valence-corrected chi connectivity index (χ3v) is 9.53. The number of nitrogens with one attached hydrogen (secondary N) is 1. The van der Waals surface area contributed by atoms with E-state index in [1.807, 2.05) is 29.1 Å². The Bertz CT molecular complexity index is 1570. The molecule has 5 rings (SSSR count). The van der Waals surface area contributed by atoms with E-state index >= 15 is 0 Å². The lowest BCUT2D eigenvalue weighted by Crippen LogP contribution is -2.62. The van der Waals surface area contributed by atoms with E-state index in [1.165, 1.54) is 11.0 Å². The van der Waals surface area contributed by atoms with Crippen LogP contribution in [0.2, 0.25) is 5.02 Å². The predicted molar refractivity (Wildman–Crippen MR) is 184 cm³/mol. The number of halogens is 2. The van der Waals surface area contributed by atoms with Crippen LogP contribution in [0.1, 0.15) is 48.7 Å². The predicted octanol–water partition coefficient (Wildman–Crippen LogP) is 6.29. The summed E-state index contributed by atoms with van der Waals surface area (Å²) in [6, 6.07) is 7.04. The number of aromatic nitrogens is 3. The molecular weight excluding hydrogens is 668 g/mol.